The first-order chi connectivity index (χ1) is 9.25. The van der Waals surface area contributed by atoms with E-state index in [2.05, 4.69) is 4.98 Å². The number of fused-ring (bicyclic) bond motifs is 1. The molecule has 2 nitrogen and oxygen atoms in total. The maximum atomic E-state index is 12.5. The summed E-state index contributed by atoms with van der Waals surface area (Å²) >= 11 is 0. The molecule has 0 atom stereocenters. The molecule has 2 aromatic carbocycles. The van der Waals surface area contributed by atoms with E-state index in [9.17, 15) is 4.79 Å². The number of carbonyl (C=O) groups excluding carboxylic acids is 1. The van der Waals surface area contributed by atoms with Gasteiger partial charge in [-0.2, -0.15) is 0 Å². The summed E-state index contributed by atoms with van der Waals surface area (Å²) in [5.41, 5.74) is 3.26. The van der Waals surface area contributed by atoms with Crippen molar-refractivity contribution >= 4 is 16.7 Å². The van der Waals surface area contributed by atoms with E-state index in [1.54, 1.807) is 6.20 Å². The van der Waals surface area contributed by atoms with Crippen LogP contribution in [-0.2, 0) is 0 Å². The molecule has 0 saturated heterocycles. The van der Waals surface area contributed by atoms with Crippen LogP contribution in [0.1, 0.15) is 21.5 Å². The topological polar surface area (TPSA) is 30.0 Å². The normalized spacial score (nSPS) is 10.6. The first-order valence-electron chi connectivity index (χ1n) is 6.21. The number of aryl methyl sites for hydroxylation is 1. The van der Waals surface area contributed by atoms with E-state index >= 15 is 0 Å². The molecule has 0 bridgehead atoms. The molecular weight excluding hydrogens is 234 g/mol. The lowest BCUT2D eigenvalue weighted by Crippen LogP contribution is -2.04. The van der Waals surface area contributed by atoms with Crippen LogP contribution in [0, 0.1) is 6.92 Å². The third kappa shape index (κ3) is 2.13. The van der Waals surface area contributed by atoms with Gasteiger partial charge in [-0.3, -0.25) is 9.78 Å². The van der Waals surface area contributed by atoms with E-state index < -0.39 is 0 Å². The SMILES string of the molecule is Cc1ccccc1C(=O)c1cnc2ccccc2c1. The molecule has 1 heterocycles. The Morgan fingerprint density at radius 3 is 2.58 bits per heavy atom. The van der Waals surface area contributed by atoms with Crippen molar-refractivity contribution in [3.05, 3.63) is 77.5 Å². The predicted molar refractivity (Wildman–Crippen MR) is 76.4 cm³/mol. The Bertz CT molecular complexity index is 762. The van der Waals surface area contributed by atoms with Crippen LogP contribution < -0.4 is 0 Å². The van der Waals surface area contributed by atoms with Crippen molar-refractivity contribution in [1.29, 1.82) is 0 Å². The molecule has 19 heavy (non-hydrogen) atoms. The summed E-state index contributed by atoms with van der Waals surface area (Å²) in [5, 5.41) is 0.988. The fourth-order valence-electron chi connectivity index (χ4n) is 2.18. The summed E-state index contributed by atoms with van der Waals surface area (Å²) < 4.78 is 0. The Morgan fingerprint density at radius 2 is 1.74 bits per heavy atom. The number of hydrogen-bond donors (Lipinski definition) is 0. The highest BCUT2D eigenvalue weighted by molar-refractivity contribution is 6.10. The molecule has 3 rings (SSSR count). The molecule has 0 saturated carbocycles. The molecule has 0 fully saturated rings. The molecule has 2 heteroatoms. The van der Waals surface area contributed by atoms with Crippen LogP contribution in [0.3, 0.4) is 0 Å². The molecule has 0 N–H and O–H groups in total. The quantitative estimate of drug-likeness (QED) is 0.645. The van der Waals surface area contributed by atoms with Gasteiger partial charge in [0, 0.05) is 22.7 Å². The van der Waals surface area contributed by atoms with Crippen molar-refractivity contribution in [3.8, 4) is 0 Å². The van der Waals surface area contributed by atoms with Gasteiger partial charge in [-0.05, 0) is 24.6 Å². The summed E-state index contributed by atoms with van der Waals surface area (Å²) in [5.74, 6) is 0.0244. The lowest BCUT2D eigenvalue weighted by atomic mass is 9.99. The van der Waals surface area contributed by atoms with Crippen molar-refractivity contribution in [2.24, 2.45) is 0 Å². The molecule has 92 valence electrons. The molecule has 0 aliphatic heterocycles. The molecular formula is C17H13NO. The van der Waals surface area contributed by atoms with Crippen molar-refractivity contribution in [2.75, 3.05) is 0 Å². The standard InChI is InChI=1S/C17H13NO/c1-12-6-2-4-8-15(12)17(19)14-10-13-7-3-5-9-16(13)18-11-14/h2-11H,1H3. The smallest absolute Gasteiger partial charge is 0.194 e. The molecule has 0 amide bonds. The second kappa shape index (κ2) is 4.65. The molecule has 1 aromatic heterocycles. The zero-order valence-electron chi connectivity index (χ0n) is 10.6. The van der Waals surface area contributed by atoms with Gasteiger partial charge < -0.3 is 0 Å². The largest absolute Gasteiger partial charge is 0.289 e. The summed E-state index contributed by atoms with van der Waals surface area (Å²) in [6.07, 6.45) is 1.65. The van der Waals surface area contributed by atoms with Crippen molar-refractivity contribution in [1.82, 2.24) is 4.98 Å². The van der Waals surface area contributed by atoms with E-state index in [4.69, 9.17) is 0 Å². The van der Waals surface area contributed by atoms with Crippen LogP contribution in [0.5, 0.6) is 0 Å². The van der Waals surface area contributed by atoms with E-state index in [-0.39, 0.29) is 5.78 Å². The van der Waals surface area contributed by atoms with Crippen LogP contribution in [0.2, 0.25) is 0 Å². The number of rotatable bonds is 2. The number of pyridine rings is 1. The van der Waals surface area contributed by atoms with Gasteiger partial charge in [-0.15, -0.1) is 0 Å². The highest BCUT2D eigenvalue weighted by atomic mass is 16.1. The van der Waals surface area contributed by atoms with Crippen LogP contribution >= 0.6 is 0 Å². The molecule has 0 aliphatic carbocycles. The first-order valence-corrected chi connectivity index (χ1v) is 6.21. The Labute approximate surface area is 111 Å². The minimum absolute atomic E-state index is 0.0244. The maximum Gasteiger partial charge on any atom is 0.194 e. The Hall–Kier alpha value is -2.48. The Balaban J connectivity index is 2.09. The van der Waals surface area contributed by atoms with Gasteiger partial charge in [-0.25, -0.2) is 0 Å². The summed E-state index contributed by atoms with van der Waals surface area (Å²) in [7, 11) is 0. The zero-order valence-corrected chi connectivity index (χ0v) is 10.6. The summed E-state index contributed by atoms with van der Waals surface area (Å²) in [4.78, 5) is 16.8. The number of ketones is 1. The van der Waals surface area contributed by atoms with E-state index in [0.29, 0.717) is 5.56 Å². The van der Waals surface area contributed by atoms with Crippen LogP contribution in [-0.4, -0.2) is 10.8 Å². The third-order valence-corrected chi connectivity index (χ3v) is 3.24. The lowest BCUT2D eigenvalue weighted by molar-refractivity contribution is 0.103. The van der Waals surface area contributed by atoms with Gasteiger partial charge in [-0.1, -0.05) is 42.5 Å². The number of nitrogens with zero attached hydrogens (tertiary/aromatic N) is 1. The van der Waals surface area contributed by atoms with E-state index in [1.165, 1.54) is 0 Å². The average Bonchev–Trinajstić information content (AvgIpc) is 2.46. The number of para-hydroxylation sites is 1. The first kappa shape index (κ1) is 11.6. The lowest BCUT2D eigenvalue weighted by Gasteiger charge is -2.05. The van der Waals surface area contributed by atoms with Gasteiger partial charge in [0.25, 0.3) is 0 Å². The number of benzene rings is 2. The van der Waals surface area contributed by atoms with Gasteiger partial charge in [0.1, 0.15) is 0 Å². The number of hydrogen-bond acceptors (Lipinski definition) is 2. The fourth-order valence-corrected chi connectivity index (χ4v) is 2.18. The molecule has 0 radical (unpaired) electrons. The minimum Gasteiger partial charge on any atom is -0.289 e. The average molecular weight is 247 g/mol. The number of aromatic nitrogens is 1. The molecule has 0 spiro atoms. The van der Waals surface area contributed by atoms with Crippen LogP contribution in [0.4, 0.5) is 0 Å². The molecule has 0 unspecified atom stereocenters. The van der Waals surface area contributed by atoms with Crippen molar-refractivity contribution in [3.63, 3.8) is 0 Å². The second-order valence-electron chi connectivity index (χ2n) is 4.56. The highest BCUT2D eigenvalue weighted by Gasteiger charge is 2.11. The highest BCUT2D eigenvalue weighted by Crippen LogP contribution is 2.17. The predicted octanol–water partition coefficient (Wildman–Crippen LogP) is 3.77. The molecule has 3 aromatic rings. The van der Waals surface area contributed by atoms with Crippen molar-refractivity contribution in [2.45, 2.75) is 6.92 Å². The maximum absolute atomic E-state index is 12.5. The summed E-state index contributed by atoms with van der Waals surface area (Å²) in [6.45, 7) is 1.95. The summed E-state index contributed by atoms with van der Waals surface area (Å²) in [6, 6.07) is 17.3. The fraction of sp³-hybridized carbons (Fsp3) is 0.0588. The third-order valence-electron chi connectivity index (χ3n) is 3.24. The van der Waals surface area contributed by atoms with Gasteiger partial charge in [0.05, 0.1) is 5.52 Å². The van der Waals surface area contributed by atoms with Crippen LogP contribution in [0.15, 0.2) is 60.8 Å². The van der Waals surface area contributed by atoms with Gasteiger partial charge >= 0.3 is 0 Å². The van der Waals surface area contributed by atoms with Gasteiger partial charge in [0.2, 0.25) is 0 Å². The Kier molecular flexibility index (Phi) is 2.84. The molecule has 0 aliphatic rings. The van der Waals surface area contributed by atoms with E-state index in [1.807, 2.05) is 61.5 Å². The Morgan fingerprint density at radius 1 is 1.00 bits per heavy atom. The van der Waals surface area contributed by atoms with Crippen LogP contribution in [0.25, 0.3) is 10.9 Å². The monoisotopic (exact) mass is 247 g/mol. The van der Waals surface area contributed by atoms with Gasteiger partial charge in [0.15, 0.2) is 5.78 Å². The van der Waals surface area contributed by atoms with Crippen molar-refractivity contribution < 1.29 is 4.79 Å². The van der Waals surface area contributed by atoms with E-state index in [0.717, 1.165) is 22.0 Å². The minimum atomic E-state index is 0.0244. The number of carbonyl (C=O) groups is 1. The second-order valence-corrected chi connectivity index (χ2v) is 4.56. The zero-order chi connectivity index (χ0) is 13.2.